The van der Waals surface area contributed by atoms with Gasteiger partial charge in [0.1, 0.15) is 34.9 Å². The molecule has 1 spiro atoms. The summed E-state index contributed by atoms with van der Waals surface area (Å²) in [6, 6.07) is 9.06. The van der Waals surface area contributed by atoms with Gasteiger partial charge in [0.05, 0.1) is 45.8 Å². The molecule has 4 aromatic heterocycles. The van der Waals surface area contributed by atoms with Crippen molar-refractivity contribution in [2.24, 2.45) is 0 Å². The van der Waals surface area contributed by atoms with E-state index in [1.165, 1.54) is 17.2 Å². The summed E-state index contributed by atoms with van der Waals surface area (Å²) in [4.78, 5) is 33.1. The minimum absolute atomic E-state index is 0.0319. The Morgan fingerprint density at radius 3 is 2.60 bits per heavy atom. The Kier molecular flexibility index (Phi) is 8.09. The summed E-state index contributed by atoms with van der Waals surface area (Å²) >= 11 is 0. The summed E-state index contributed by atoms with van der Waals surface area (Å²) in [7, 11) is 1.55. The van der Waals surface area contributed by atoms with Gasteiger partial charge in [0.2, 0.25) is 11.8 Å². The lowest BCUT2D eigenvalue weighted by molar-refractivity contribution is -0.228. The van der Waals surface area contributed by atoms with Crippen LogP contribution in [0.15, 0.2) is 59.5 Å². The highest BCUT2D eigenvalue weighted by atomic mass is 19.3. The van der Waals surface area contributed by atoms with Gasteiger partial charge in [-0.15, -0.1) is 0 Å². The normalized spacial score (nSPS) is 22.0. The molecule has 7 heterocycles. The van der Waals surface area contributed by atoms with Crippen LogP contribution in [0.2, 0.25) is 0 Å². The minimum Gasteiger partial charge on any atom is -0.481 e. The van der Waals surface area contributed by atoms with E-state index in [2.05, 4.69) is 26.8 Å². The van der Waals surface area contributed by atoms with Gasteiger partial charge in [-0.05, 0) is 31.2 Å². The van der Waals surface area contributed by atoms with Gasteiger partial charge < -0.3 is 38.3 Å². The SMILES string of the molecule is COc1ccc(-c2cnc(O[C@H]3C[C@@H](C(=O)O)N(c4cc(-c5ccco5)nc(C(F)F)n4)C3)c(N3CCOC4(COC4)[C@@H]3C)c2)cn1. The Labute approximate surface area is 268 Å². The third-order valence-electron chi connectivity index (χ3n) is 8.88. The van der Waals surface area contributed by atoms with Crippen LogP contribution in [0.25, 0.3) is 22.6 Å². The minimum atomic E-state index is -2.98. The molecular weight excluding hydrogens is 618 g/mol. The number of hydrogen-bond acceptors (Lipinski definition) is 12. The van der Waals surface area contributed by atoms with Crippen LogP contribution >= 0.6 is 0 Å². The number of morpholine rings is 1. The third-order valence-corrected chi connectivity index (χ3v) is 8.88. The molecular formula is C32H32F2N6O7. The van der Waals surface area contributed by atoms with E-state index >= 15 is 0 Å². The van der Waals surface area contributed by atoms with E-state index in [4.69, 9.17) is 28.3 Å². The van der Waals surface area contributed by atoms with Gasteiger partial charge in [0.15, 0.2) is 11.6 Å². The van der Waals surface area contributed by atoms with Gasteiger partial charge in [-0.2, -0.15) is 0 Å². The summed E-state index contributed by atoms with van der Waals surface area (Å²) in [5.74, 6) is -0.797. The van der Waals surface area contributed by atoms with Crippen molar-refractivity contribution >= 4 is 17.5 Å². The molecule has 246 valence electrons. The standard InChI is InChI=1S/C32H32F2N6O7/c1-18-32(16-44-17-32)46-9-7-39(18)23-10-20(19-5-6-27(43-2)35-13-19)14-36-30(23)47-21-11-24(31(41)42)40(15-21)26-12-22(25-4-3-8-45-25)37-29(38-26)28(33)34/h3-6,8,10,12-14,18,21,24,28H,7,9,11,15-17H2,1-2H3,(H,41,42)/t18-,21-,24-/m0/s1. The maximum atomic E-state index is 13.9. The first-order valence-corrected chi connectivity index (χ1v) is 15.1. The average Bonchev–Trinajstić information content (AvgIpc) is 3.76. The monoisotopic (exact) mass is 650 g/mol. The van der Waals surface area contributed by atoms with Gasteiger partial charge in [-0.1, -0.05) is 0 Å². The van der Waals surface area contributed by atoms with E-state index in [9.17, 15) is 18.7 Å². The largest absolute Gasteiger partial charge is 0.481 e. The van der Waals surface area contributed by atoms with Crippen LogP contribution in [0, 0.1) is 0 Å². The predicted molar refractivity (Wildman–Crippen MR) is 163 cm³/mol. The van der Waals surface area contributed by atoms with Crippen molar-refractivity contribution in [2.75, 3.05) is 49.8 Å². The Balaban J connectivity index is 1.22. The molecule has 1 N–H and O–H groups in total. The van der Waals surface area contributed by atoms with Crippen LogP contribution in [0.4, 0.5) is 20.3 Å². The molecule has 7 rings (SSSR count). The number of halogens is 2. The molecule has 0 amide bonds. The van der Waals surface area contributed by atoms with Gasteiger partial charge in [-0.3, -0.25) is 0 Å². The highest BCUT2D eigenvalue weighted by Crippen LogP contribution is 2.41. The number of aromatic nitrogens is 4. The lowest BCUT2D eigenvalue weighted by atomic mass is 9.90. The molecule has 15 heteroatoms. The lowest BCUT2D eigenvalue weighted by Gasteiger charge is -2.53. The fraction of sp³-hybridized carbons (Fsp3) is 0.406. The number of nitrogens with zero attached hydrogens (tertiary/aromatic N) is 6. The van der Waals surface area contributed by atoms with Crippen LogP contribution < -0.4 is 19.3 Å². The number of carbonyl (C=O) groups is 1. The molecule has 0 unspecified atom stereocenters. The number of rotatable bonds is 9. The number of anilines is 2. The Hall–Kier alpha value is -4.89. The van der Waals surface area contributed by atoms with Crippen molar-refractivity contribution in [3.8, 4) is 34.3 Å². The summed E-state index contributed by atoms with van der Waals surface area (Å²) in [5, 5.41) is 10.2. The molecule has 0 saturated carbocycles. The molecule has 0 aromatic carbocycles. The number of hydrogen-bond donors (Lipinski definition) is 1. The number of pyridine rings is 2. The van der Waals surface area contributed by atoms with E-state index in [1.807, 2.05) is 12.1 Å². The zero-order valence-corrected chi connectivity index (χ0v) is 25.6. The Morgan fingerprint density at radius 2 is 1.94 bits per heavy atom. The van der Waals surface area contributed by atoms with E-state index in [0.717, 1.165) is 11.1 Å². The first-order valence-electron chi connectivity index (χ1n) is 15.1. The number of carboxylic acids is 1. The van der Waals surface area contributed by atoms with Gasteiger partial charge in [0.25, 0.3) is 6.43 Å². The van der Waals surface area contributed by atoms with Gasteiger partial charge >= 0.3 is 5.97 Å². The van der Waals surface area contributed by atoms with Crippen molar-refractivity contribution < 1.29 is 42.0 Å². The summed E-state index contributed by atoms with van der Waals surface area (Å²) < 4.78 is 56.4. The van der Waals surface area contributed by atoms with Crippen LogP contribution in [0.5, 0.6) is 11.8 Å². The summed E-state index contributed by atoms with van der Waals surface area (Å²) in [6.45, 7) is 4.08. The molecule has 0 radical (unpaired) electrons. The second-order valence-corrected chi connectivity index (χ2v) is 11.6. The maximum absolute atomic E-state index is 13.9. The molecule has 0 aliphatic carbocycles. The number of alkyl halides is 2. The molecule has 0 bridgehead atoms. The predicted octanol–water partition coefficient (Wildman–Crippen LogP) is 4.24. The molecule has 3 aliphatic rings. The molecule has 3 atom stereocenters. The van der Waals surface area contributed by atoms with Crippen LogP contribution in [-0.2, 0) is 14.3 Å². The Bertz CT molecular complexity index is 1740. The van der Waals surface area contributed by atoms with Crippen molar-refractivity contribution in [3.63, 3.8) is 0 Å². The fourth-order valence-corrected chi connectivity index (χ4v) is 6.25. The summed E-state index contributed by atoms with van der Waals surface area (Å²) in [6.07, 6.45) is 1.18. The number of ether oxygens (including phenoxy) is 4. The second kappa shape index (κ2) is 12.4. The number of carboxylic acid groups (broad SMARTS) is 1. The number of furan rings is 1. The second-order valence-electron chi connectivity index (χ2n) is 11.6. The molecule has 3 saturated heterocycles. The highest BCUT2D eigenvalue weighted by Gasteiger charge is 2.50. The topological polar surface area (TPSA) is 145 Å². The van der Waals surface area contributed by atoms with Crippen molar-refractivity contribution in [1.82, 2.24) is 19.9 Å². The number of methoxy groups -OCH3 is 1. The Morgan fingerprint density at radius 1 is 1.11 bits per heavy atom. The molecule has 3 fully saturated rings. The lowest BCUT2D eigenvalue weighted by Crippen LogP contribution is -2.68. The first kappa shape index (κ1) is 30.7. The first-order chi connectivity index (χ1) is 22.7. The smallest absolute Gasteiger partial charge is 0.326 e. The van der Waals surface area contributed by atoms with Gasteiger partial charge in [-0.25, -0.2) is 33.5 Å². The molecule has 13 nitrogen and oxygen atoms in total. The molecule has 3 aliphatic heterocycles. The molecule has 47 heavy (non-hydrogen) atoms. The third kappa shape index (κ3) is 5.80. The maximum Gasteiger partial charge on any atom is 0.326 e. The van der Waals surface area contributed by atoms with Crippen LogP contribution in [0.1, 0.15) is 25.6 Å². The van der Waals surface area contributed by atoms with E-state index in [1.54, 1.807) is 37.7 Å². The zero-order valence-electron chi connectivity index (χ0n) is 25.6. The number of aliphatic carboxylic acids is 1. The van der Waals surface area contributed by atoms with Crippen LogP contribution in [-0.4, -0.2) is 94.8 Å². The van der Waals surface area contributed by atoms with Gasteiger partial charge in [0, 0.05) is 48.6 Å². The summed E-state index contributed by atoms with van der Waals surface area (Å²) in [5.41, 5.74) is 1.96. The van der Waals surface area contributed by atoms with E-state index in [0.29, 0.717) is 43.8 Å². The molecule has 4 aromatic rings. The van der Waals surface area contributed by atoms with Crippen molar-refractivity contribution in [1.29, 1.82) is 0 Å². The van der Waals surface area contributed by atoms with Crippen molar-refractivity contribution in [2.45, 2.75) is 43.6 Å². The van der Waals surface area contributed by atoms with Crippen molar-refractivity contribution in [3.05, 3.63) is 60.9 Å². The quantitative estimate of drug-likeness (QED) is 0.276. The van der Waals surface area contributed by atoms with E-state index < -0.39 is 36.0 Å². The fourth-order valence-electron chi connectivity index (χ4n) is 6.25. The average molecular weight is 651 g/mol. The van der Waals surface area contributed by atoms with E-state index in [-0.39, 0.29) is 36.3 Å². The zero-order chi connectivity index (χ0) is 32.7. The highest BCUT2D eigenvalue weighted by molar-refractivity contribution is 5.79. The van der Waals surface area contributed by atoms with Crippen LogP contribution in [0.3, 0.4) is 0 Å².